The van der Waals surface area contributed by atoms with Gasteiger partial charge in [-0.2, -0.15) is 0 Å². The molecule has 164 valence electrons. The van der Waals surface area contributed by atoms with E-state index in [1.54, 1.807) is 6.92 Å². The average molecular weight is 428 g/mol. The summed E-state index contributed by atoms with van der Waals surface area (Å²) >= 11 is 0. The molecule has 1 aliphatic carbocycles. The molecule has 3 unspecified atom stereocenters. The number of benzene rings is 3. The number of aliphatic imine (C=N–C) groups is 1. The third-order valence-corrected chi connectivity index (χ3v) is 6.35. The van der Waals surface area contributed by atoms with E-state index >= 15 is 0 Å². The molecule has 1 N–H and O–H groups in total. The minimum Gasteiger partial charge on any atom is -0.460 e. The van der Waals surface area contributed by atoms with Gasteiger partial charge in [-0.25, -0.2) is 0 Å². The van der Waals surface area contributed by atoms with Gasteiger partial charge in [-0.1, -0.05) is 91.0 Å². The summed E-state index contributed by atoms with van der Waals surface area (Å²) < 4.78 is 5.65. The highest BCUT2D eigenvalue weighted by Crippen LogP contribution is 2.44. The molecule has 32 heavy (non-hydrogen) atoms. The Hall–Kier alpha value is -3.24. The molecule has 0 saturated heterocycles. The summed E-state index contributed by atoms with van der Waals surface area (Å²) in [5.41, 5.74) is 3.00. The highest BCUT2D eigenvalue weighted by molar-refractivity contribution is 6.13. The van der Waals surface area contributed by atoms with E-state index in [1.165, 1.54) is 0 Å². The van der Waals surface area contributed by atoms with Crippen molar-refractivity contribution in [1.29, 1.82) is 0 Å². The van der Waals surface area contributed by atoms with E-state index in [1.807, 2.05) is 66.7 Å². The van der Waals surface area contributed by atoms with Crippen molar-refractivity contribution in [2.24, 2.45) is 10.4 Å². The van der Waals surface area contributed by atoms with Crippen LogP contribution >= 0.6 is 0 Å². The monoisotopic (exact) mass is 427 g/mol. The Kier molecular flexibility index (Phi) is 6.81. The van der Waals surface area contributed by atoms with Crippen molar-refractivity contribution < 1.29 is 14.6 Å². The molecular formula is C28H29NO3. The molecule has 3 aromatic rings. The molecule has 3 atom stereocenters. The summed E-state index contributed by atoms with van der Waals surface area (Å²) in [5.74, 6) is -0.338. The Morgan fingerprint density at radius 1 is 0.969 bits per heavy atom. The van der Waals surface area contributed by atoms with Gasteiger partial charge in [0.05, 0.1) is 23.3 Å². The number of aliphatic hydroxyl groups excluding tert-OH is 1. The fraction of sp³-hybridized carbons (Fsp3) is 0.286. The van der Waals surface area contributed by atoms with Crippen LogP contribution < -0.4 is 0 Å². The van der Waals surface area contributed by atoms with Gasteiger partial charge in [0.15, 0.2) is 0 Å². The number of hydrogen-bond acceptors (Lipinski definition) is 4. The van der Waals surface area contributed by atoms with E-state index in [9.17, 15) is 9.90 Å². The topological polar surface area (TPSA) is 58.9 Å². The number of esters is 1. The van der Waals surface area contributed by atoms with E-state index in [-0.39, 0.29) is 18.6 Å². The summed E-state index contributed by atoms with van der Waals surface area (Å²) in [6.45, 7) is 1.90. The van der Waals surface area contributed by atoms with Crippen molar-refractivity contribution in [3.63, 3.8) is 0 Å². The lowest BCUT2D eigenvalue weighted by Gasteiger charge is -2.29. The second kappa shape index (κ2) is 9.92. The van der Waals surface area contributed by atoms with Gasteiger partial charge in [0.25, 0.3) is 0 Å². The molecular weight excluding hydrogens is 398 g/mol. The number of rotatable bonds is 7. The van der Waals surface area contributed by atoms with Crippen molar-refractivity contribution in [1.82, 2.24) is 0 Å². The summed E-state index contributed by atoms with van der Waals surface area (Å²) in [5, 5.41) is 10.6. The van der Waals surface area contributed by atoms with Crippen molar-refractivity contribution in [3.05, 3.63) is 108 Å². The Bertz CT molecular complexity index is 1010. The number of carbonyl (C=O) groups is 1. The Balaban J connectivity index is 1.57. The van der Waals surface area contributed by atoms with Crippen LogP contribution in [0.5, 0.6) is 0 Å². The molecule has 0 aliphatic heterocycles. The molecule has 4 rings (SSSR count). The smallest absolute Gasteiger partial charge is 0.315 e. The molecule has 0 radical (unpaired) electrons. The van der Waals surface area contributed by atoms with Crippen LogP contribution in [0.3, 0.4) is 0 Å². The maximum Gasteiger partial charge on any atom is 0.315 e. The third kappa shape index (κ3) is 4.81. The van der Waals surface area contributed by atoms with Crippen LogP contribution in [-0.2, 0) is 16.1 Å². The lowest BCUT2D eigenvalue weighted by atomic mass is 9.81. The molecule has 1 saturated carbocycles. The maximum atomic E-state index is 13.1. The minimum atomic E-state index is -0.929. The third-order valence-electron chi connectivity index (χ3n) is 6.35. The first-order chi connectivity index (χ1) is 15.6. The van der Waals surface area contributed by atoms with Gasteiger partial charge < -0.3 is 9.84 Å². The first-order valence-corrected chi connectivity index (χ1v) is 11.2. The quantitative estimate of drug-likeness (QED) is 0.417. The Morgan fingerprint density at radius 2 is 1.50 bits per heavy atom. The fourth-order valence-electron chi connectivity index (χ4n) is 4.45. The van der Waals surface area contributed by atoms with Crippen LogP contribution in [0.15, 0.2) is 96.0 Å². The molecule has 1 aliphatic rings. The average Bonchev–Trinajstić information content (AvgIpc) is 3.28. The largest absolute Gasteiger partial charge is 0.460 e. The normalized spacial score (nSPS) is 21.0. The maximum absolute atomic E-state index is 13.1. The highest BCUT2D eigenvalue weighted by atomic mass is 16.5. The molecule has 4 heteroatoms. The zero-order chi connectivity index (χ0) is 22.4. The van der Waals surface area contributed by atoms with Crippen LogP contribution in [-0.4, -0.2) is 28.9 Å². The lowest BCUT2D eigenvalue weighted by Crippen LogP contribution is -2.40. The van der Waals surface area contributed by atoms with Crippen molar-refractivity contribution in [2.45, 2.75) is 44.9 Å². The van der Waals surface area contributed by atoms with Crippen LogP contribution in [0.2, 0.25) is 0 Å². The van der Waals surface area contributed by atoms with Crippen molar-refractivity contribution in [2.75, 3.05) is 0 Å². The van der Waals surface area contributed by atoms with Crippen LogP contribution in [0.4, 0.5) is 0 Å². The van der Waals surface area contributed by atoms with Gasteiger partial charge >= 0.3 is 5.97 Å². The standard InChI is InChI=1S/C28H29NO3/c1-21(30)28(27(31)32-20-22-11-5-2-6-12-22)18-17-25(19-28)29-26(23-13-7-3-8-14-23)24-15-9-4-10-16-24/h2-16,21,25,30H,17-20H2,1H3. The summed E-state index contributed by atoms with van der Waals surface area (Å²) in [4.78, 5) is 18.2. The lowest BCUT2D eigenvalue weighted by molar-refractivity contribution is -0.164. The van der Waals surface area contributed by atoms with Gasteiger partial charge in [-0.05, 0) is 31.7 Å². The highest BCUT2D eigenvalue weighted by Gasteiger charge is 2.50. The van der Waals surface area contributed by atoms with Gasteiger partial charge in [-0.3, -0.25) is 9.79 Å². The van der Waals surface area contributed by atoms with E-state index in [4.69, 9.17) is 9.73 Å². The van der Waals surface area contributed by atoms with Gasteiger partial charge in [0.1, 0.15) is 6.61 Å². The number of nitrogens with zero attached hydrogens (tertiary/aromatic N) is 1. The van der Waals surface area contributed by atoms with Crippen molar-refractivity contribution >= 4 is 11.7 Å². The van der Waals surface area contributed by atoms with Crippen molar-refractivity contribution in [3.8, 4) is 0 Å². The molecule has 0 bridgehead atoms. The fourth-order valence-corrected chi connectivity index (χ4v) is 4.45. The summed E-state index contributed by atoms with van der Waals surface area (Å²) in [6.07, 6.45) is 0.960. The predicted octanol–water partition coefficient (Wildman–Crippen LogP) is 5.19. The number of aliphatic hydroxyl groups is 1. The number of carbonyl (C=O) groups excluding carboxylic acids is 1. The second-order valence-corrected chi connectivity index (χ2v) is 8.50. The van der Waals surface area contributed by atoms with Gasteiger partial charge in [0, 0.05) is 11.1 Å². The van der Waals surface area contributed by atoms with Crippen LogP contribution in [0.1, 0.15) is 42.9 Å². The van der Waals surface area contributed by atoms with Crippen LogP contribution in [0.25, 0.3) is 0 Å². The van der Waals surface area contributed by atoms with E-state index < -0.39 is 11.5 Å². The van der Waals surface area contributed by atoms with E-state index in [0.717, 1.165) is 28.8 Å². The first-order valence-electron chi connectivity index (χ1n) is 11.2. The van der Waals surface area contributed by atoms with E-state index in [2.05, 4.69) is 24.3 Å². The zero-order valence-corrected chi connectivity index (χ0v) is 18.4. The molecule has 4 nitrogen and oxygen atoms in total. The second-order valence-electron chi connectivity index (χ2n) is 8.50. The Morgan fingerprint density at radius 3 is 2.03 bits per heavy atom. The number of hydrogen-bond donors (Lipinski definition) is 1. The summed E-state index contributed by atoms with van der Waals surface area (Å²) in [6, 6.07) is 29.8. The Labute approximate surface area is 189 Å². The minimum absolute atomic E-state index is 0.0655. The van der Waals surface area contributed by atoms with Crippen LogP contribution in [0, 0.1) is 5.41 Å². The van der Waals surface area contributed by atoms with Gasteiger partial charge in [0.2, 0.25) is 0 Å². The molecule has 3 aromatic carbocycles. The van der Waals surface area contributed by atoms with Gasteiger partial charge in [-0.15, -0.1) is 0 Å². The molecule has 0 aromatic heterocycles. The number of ether oxygens (including phenoxy) is 1. The molecule has 0 heterocycles. The zero-order valence-electron chi connectivity index (χ0n) is 18.4. The summed E-state index contributed by atoms with van der Waals surface area (Å²) in [7, 11) is 0. The first kappa shape index (κ1) is 22.0. The van der Waals surface area contributed by atoms with E-state index in [0.29, 0.717) is 12.8 Å². The SMILES string of the molecule is CC(O)C1(C(=O)OCc2ccccc2)CCC(N=C(c2ccccc2)c2ccccc2)C1. The molecule has 1 fully saturated rings. The molecule has 0 amide bonds. The predicted molar refractivity (Wildman–Crippen MR) is 127 cm³/mol. The molecule has 0 spiro atoms.